The van der Waals surface area contributed by atoms with Crippen LogP contribution in [-0.2, 0) is 4.79 Å². The Bertz CT molecular complexity index is 587. The van der Waals surface area contributed by atoms with E-state index in [0.717, 1.165) is 26.2 Å². The van der Waals surface area contributed by atoms with E-state index in [1.807, 2.05) is 11.9 Å². The van der Waals surface area contributed by atoms with E-state index in [-0.39, 0.29) is 18.3 Å². The van der Waals surface area contributed by atoms with Crippen LogP contribution in [0.3, 0.4) is 0 Å². The zero-order valence-corrected chi connectivity index (χ0v) is 14.6. The van der Waals surface area contributed by atoms with Crippen molar-refractivity contribution in [3.05, 3.63) is 29.6 Å². The van der Waals surface area contributed by atoms with Gasteiger partial charge in [-0.3, -0.25) is 4.79 Å². The summed E-state index contributed by atoms with van der Waals surface area (Å²) in [5, 5.41) is 3.36. The zero-order valence-electron chi connectivity index (χ0n) is 13.8. The molecule has 0 unspecified atom stereocenters. The molecular formula is C16H23FN4OS. The molecule has 5 nitrogen and oxygen atoms in total. The van der Waals surface area contributed by atoms with Crippen LogP contribution in [0.4, 0.5) is 10.1 Å². The first kappa shape index (κ1) is 17.6. The number of hydrogen-bond donors (Lipinski definition) is 1. The molecule has 1 aromatic rings. The fraction of sp³-hybridized carbons (Fsp3) is 0.500. The van der Waals surface area contributed by atoms with Crippen LogP contribution in [0.2, 0.25) is 0 Å². The van der Waals surface area contributed by atoms with Gasteiger partial charge in [-0.2, -0.15) is 0 Å². The van der Waals surface area contributed by atoms with Crippen LogP contribution in [0.25, 0.3) is 0 Å². The molecule has 0 atom stereocenters. The van der Waals surface area contributed by atoms with Gasteiger partial charge in [-0.1, -0.05) is 6.07 Å². The second-order valence-electron chi connectivity index (χ2n) is 5.93. The summed E-state index contributed by atoms with van der Waals surface area (Å²) in [6, 6.07) is 4.86. The number of likely N-dealkylation sites (N-methyl/N-ethyl adjacent to an activating group) is 2. The third kappa shape index (κ3) is 4.87. The van der Waals surface area contributed by atoms with Gasteiger partial charge >= 0.3 is 0 Å². The highest BCUT2D eigenvalue weighted by atomic mass is 32.1. The predicted molar refractivity (Wildman–Crippen MR) is 94.1 cm³/mol. The Hall–Kier alpha value is -1.73. The lowest BCUT2D eigenvalue weighted by Crippen LogP contribution is -2.50. The summed E-state index contributed by atoms with van der Waals surface area (Å²) < 4.78 is 13.6. The van der Waals surface area contributed by atoms with Crippen molar-refractivity contribution in [1.82, 2.24) is 14.7 Å². The van der Waals surface area contributed by atoms with Crippen LogP contribution >= 0.6 is 12.2 Å². The highest BCUT2D eigenvalue weighted by Gasteiger charge is 2.20. The smallest absolute Gasteiger partial charge is 0.242 e. The number of benzene rings is 1. The van der Waals surface area contributed by atoms with Gasteiger partial charge < -0.3 is 20.0 Å². The second-order valence-corrected chi connectivity index (χ2v) is 6.32. The first-order chi connectivity index (χ1) is 10.9. The van der Waals surface area contributed by atoms with Crippen molar-refractivity contribution in [2.75, 3.05) is 52.1 Å². The largest absolute Gasteiger partial charge is 0.343 e. The van der Waals surface area contributed by atoms with Gasteiger partial charge in [-0.05, 0) is 43.9 Å². The minimum Gasteiger partial charge on any atom is -0.343 e. The van der Waals surface area contributed by atoms with Crippen LogP contribution in [0.1, 0.15) is 5.56 Å². The molecule has 2 rings (SSSR count). The highest BCUT2D eigenvalue weighted by molar-refractivity contribution is 7.80. The summed E-state index contributed by atoms with van der Waals surface area (Å²) in [6.07, 6.45) is 0. The van der Waals surface area contributed by atoms with Crippen LogP contribution in [0.5, 0.6) is 0 Å². The third-order valence-corrected chi connectivity index (χ3v) is 4.41. The van der Waals surface area contributed by atoms with Crippen molar-refractivity contribution in [2.45, 2.75) is 6.92 Å². The lowest BCUT2D eigenvalue weighted by atomic mass is 10.2. The van der Waals surface area contributed by atoms with Crippen molar-refractivity contribution < 1.29 is 9.18 Å². The highest BCUT2D eigenvalue weighted by Crippen LogP contribution is 2.14. The molecule has 0 saturated carbocycles. The van der Waals surface area contributed by atoms with E-state index in [9.17, 15) is 9.18 Å². The number of anilines is 1. The lowest BCUT2D eigenvalue weighted by molar-refractivity contribution is -0.132. The zero-order chi connectivity index (χ0) is 17.0. The Morgan fingerprint density at radius 3 is 2.61 bits per heavy atom. The number of hydrogen-bond acceptors (Lipinski definition) is 3. The summed E-state index contributed by atoms with van der Waals surface area (Å²) in [5.74, 6) is -0.228. The van der Waals surface area contributed by atoms with Crippen LogP contribution in [0.15, 0.2) is 18.2 Å². The Balaban J connectivity index is 1.86. The van der Waals surface area contributed by atoms with E-state index in [1.165, 1.54) is 6.07 Å². The number of aryl methyl sites for hydroxylation is 1. The molecule has 0 aromatic heterocycles. The standard InChI is InChI=1S/C16H23FN4OS/c1-12-4-5-13(10-14(12)17)18-16(23)20(3)11-15(22)21-8-6-19(2)7-9-21/h4-5,10H,6-9,11H2,1-3H3,(H,18,23). The van der Waals surface area contributed by atoms with Gasteiger partial charge in [-0.15, -0.1) is 0 Å². The first-order valence-electron chi connectivity index (χ1n) is 7.61. The molecule has 0 aliphatic carbocycles. The van der Waals surface area contributed by atoms with Crippen LogP contribution in [0, 0.1) is 12.7 Å². The van der Waals surface area contributed by atoms with E-state index in [4.69, 9.17) is 12.2 Å². The molecule has 1 aromatic carbocycles. The maximum Gasteiger partial charge on any atom is 0.242 e. The summed E-state index contributed by atoms with van der Waals surface area (Å²) in [5.41, 5.74) is 1.16. The van der Waals surface area contributed by atoms with Crippen molar-refractivity contribution in [1.29, 1.82) is 0 Å². The Morgan fingerprint density at radius 1 is 1.35 bits per heavy atom. The molecule has 126 valence electrons. The third-order valence-electron chi connectivity index (χ3n) is 4.00. The molecule has 0 spiro atoms. The van der Waals surface area contributed by atoms with Crippen molar-refractivity contribution in [2.24, 2.45) is 0 Å². The molecule has 23 heavy (non-hydrogen) atoms. The molecule has 1 fully saturated rings. The predicted octanol–water partition coefficient (Wildman–Crippen LogP) is 1.54. The minimum absolute atomic E-state index is 0.0554. The number of nitrogens with one attached hydrogen (secondary N) is 1. The fourth-order valence-electron chi connectivity index (χ4n) is 2.32. The van der Waals surface area contributed by atoms with Crippen molar-refractivity contribution in [3.8, 4) is 0 Å². The van der Waals surface area contributed by atoms with Gasteiger partial charge in [0.1, 0.15) is 5.82 Å². The first-order valence-corrected chi connectivity index (χ1v) is 8.02. The average Bonchev–Trinajstić information content (AvgIpc) is 2.51. The Morgan fingerprint density at radius 2 is 2.00 bits per heavy atom. The van der Waals surface area contributed by atoms with Crippen molar-refractivity contribution >= 4 is 28.9 Å². The van der Waals surface area contributed by atoms with Gasteiger partial charge in [0.2, 0.25) is 5.91 Å². The number of amides is 1. The minimum atomic E-state index is -0.283. The number of carbonyl (C=O) groups is 1. The summed E-state index contributed by atoms with van der Waals surface area (Å²) in [4.78, 5) is 18.0. The van der Waals surface area contributed by atoms with Crippen LogP contribution in [-0.4, -0.2) is 72.5 Å². The molecule has 1 heterocycles. The number of nitrogens with zero attached hydrogens (tertiary/aromatic N) is 3. The molecule has 1 aliphatic heterocycles. The van der Waals surface area contributed by atoms with E-state index in [1.54, 1.807) is 31.0 Å². The maximum atomic E-state index is 13.6. The molecule has 1 N–H and O–H groups in total. The average molecular weight is 338 g/mol. The van der Waals surface area contributed by atoms with Gasteiger partial charge in [0.15, 0.2) is 5.11 Å². The maximum absolute atomic E-state index is 13.6. The molecule has 1 saturated heterocycles. The molecule has 0 radical (unpaired) electrons. The molecule has 1 aliphatic rings. The van der Waals surface area contributed by atoms with Gasteiger partial charge in [-0.25, -0.2) is 4.39 Å². The number of thiocarbonyl (C=S) groups is 1. The quantitative estimate of drug-likeness (QED) is 0.847. The lowest BCUT2D eigenvalue weighted by Gasteiger charge is -2.33. The van der Waals surface area contributed by atoms with Crippen LogP contribution < -0.4 is 5.32 Å². The SMILES string of the molecule is Cc1ccc(NC(=S)N(C)CC(=O)N2CCN(C)CC2)cc1F. The summed E-state index contributed by atoms with van der Waals surface area (Å²) in [7, 11) is 3.81. The van der Waals surface area contributed by atoms with E-state index in [2.05, 4.69) is 10.2 Å². The monoisotopic (exact) mass is 338 g/mol. The van der Waals surface area contributed by atoms with Gasteiger partial charge in [0, 0.05) is 38.9 Å². The molecule has 0 bridgehead atoms. The topological polar surface area (TPSA) is 38.8 Å². The molecule has 7 heteroatoms. The number of rotatable bonds is 3. The number of carbonyl (C=O) groups excluding carboxylic acids is 1. The molecule has 1 amide bonds. The van der Waals surface area contributed by atoms with Crippen molar-refractivity contribution in [3.63, 3.8) is 0 Å². The fourth-order valence-corrected chi connectivity index (χ4v) is 2.50. The van der Waals surface area contributed by atoms with E-state index < -0.39 is 0 Å². The number of halogens is 1. The summed E-state index contributed by atoms with van der Waals surface area (Å²) >= 11 is 5.29. The Kier molecular flexibility index (Phi) is 5.90. The van der Waals surface area contributed by atoms with E-state index >= 15 is 0 Å². The number of piperazine rings is 1. The molecular weight excluding hydrogens is 315 g/mol. The van der Waals surface area contributed by atoms with E-state index in [0.29, 0.717) is 16.4 Å². The van der Waals surface area contributed by atoms with Gasteiger partial charge in [0.05, 0.1) is 6.54 Å². The second kappa shape index (κ2) is 7.70. The Labute approximate surface area is 142 Å². The van der Waals surface area contributed by atoms with Gasteiger partial charge in [0.25, 0.3) is 0 Å². The normalized spacial score (nSPS) is 15.4. The summed E-state index contributed by atoms with van der Waals surface area (Å²) in [6.45, 7) is 5.18.